The van der Waals surface area contributed by atoms with Crippen molar-refractivity contribution in [1.29, 1.82) is 0 Å². The molecule has 0 saturated heterocycles. The minimum absolute atomic E-state index is 0.115. The van der Waals surface area contributed by atoms with Gasteiger partial charge in [0.25, 0.3) is 0 Å². The van der Waals surface area contributed by atoms with Crippen molar-refractivity contribution < 1.29 is 5.11 Å². The van der Waals surface area contributed by atoms with Crippen LogP contribution in [0.2, 0.25) is 0 Å². The van der Waals surface area contributed by atoms with Gasteiger partial charge in [-0.2, -0.15) is 0 Å². The van der Waals surface area contributed by atoms with Crippen LogP contribution in [0.15, 0.2) is 24.3 Å². The summed E-state index contributed by atoms with van der Waals surface area (Å²) in [5.41, 5.74) is 2.79. The van der Waals surface area contributed by atoms with E-state index >= 15 is 0 Å². The number of anilines is 1. The highest BCUT2D eigenvalue weighted by atomic mass is 16.3. The summed E-state index contributed by atoms with van der Waals surface area (Å²) in [6, 6.07) is 8.96. The van der Waals surface area contributed by atoms with Crippen molar-refractivity contribution in [2.24, 2.45) is 0 Å². The van der Waals surface area contributed by atoms with Crippen molar-refractivity contribution in [2.75, 3.05) is 11.4 Å². The molecule has 0 spiro atoms. The van der Waals surface area contributed by atoms with Crippen molar-refractivity contribution >= 4 is 5.69 Å². The Balaban J connectivity index is 1.90. The number of hydrogen-bond donors (Lipinski definition) is 1. The number of nitrogens with zero attached hydrogens (tertiary/aromatic N) is 1. The van der Waals surface area contributed by atoms with Crippen LogP contribution in [-0.2, 0) is 6.42 Å². The quantitative estimate of drug-likeness (QED) is 0.754. The summed E-state index contributed by atoms with van der Waals surface area (Å²) >= 11 is 0. The van der Waals surface area contributed by atoms with Crippen molar-refractivity contribution in [2.45, 2.75) is 37.8 Å². The normalized spacial score (nSPS) is 29.5. The lowest BCUT2D eigenvalue weighted by atomic mass is 10.1. The molecule has 0 aromatic heterocycles. The third-order valence-electron chi connectivity index (χ3n) is 3.77. The first-order valence-corrected chi connectivity index (χ1v) is 5.89. The Labute approximate surface area is 90.5 Å². The molecule has 1 heterocycles. The third kappa shape index (κ3) is 1.44. The Morgan fingerprint density at radius 2 is 2.07 bits per heavy atom. The number of fused-ring (bicyclic) bond motifs is 1. The Morgan fingerprint density at radius 3 is 2.87 bits per heavy atom. The minimum atomic E-state index is -0.115. The summed E-state index contributed by atoms with van der Waals surface area (Å²) in [6.45, 7) is 1.08. The van der Waals surface area contributed by atoms with E-state index in [-0.39, 0.29) is 6.10 Å². The van der Waals surface area contributed by atoms with E-state index in [1.54, 1.807) is 0 Å². The number of benzene rings is 1. The molecular formula is C13H17NO. The van der Waals surface area contributed by atoms with E-state index in [2.05, 4.69) is 29.2 Å². The predicted octanol–water partition coefficient (Wildman–Crippen LogP) is 1.96. The molecular weight excluding hydrogens is 186 g/mol. The fourth-order valence-corrected chi connectivity index (χ4v) is 2.99. The molecule has 1 N–H and O–H groups in total. The molecule has 2 unspecified atom stereocenters. The highest BCUT2D eigenvalue weighted by molar-refractivity contribution is 5.58. The monoisotopic (exact) mass is 203 g/mol. The van der Waals surface area contributed by atoms with Gasteiger partial charge < -0.3 is 10.0 Å². The molecule has 2 atom stereocenters. The first kappa shape index (κ1) is 9.22. The predicted molar refractivity (Wildman–Crippen MR) is 61.1 cm³/mol. The maximum absolute atomic E-state index is 9.93. The topological polar surface area (TPSA) is 23.5 Å². The third-order valence-corrected chi connectivity index (χ3v) is 3.77. The number of aliphatic hydroxyl groups is 1. The van der Waals surface area contributed by atoms with E-state index < -0.39 is 0 Å². The summed E-state index contributed by atoms with van der Waals surface area (Å²) < 4.78 is 0. The van der Waals surface area contributed by atoms with Crippen LogP contribution < -0.4 is 4.90 Å². The summed E-state index contributed by atoms with van der Waals surface area (Å²) in [5.74, 6) is 0. The summed E-state index contributed by atoms with van der Waals surface area (Å²) in [6.07, 6.45) is 4.32. The average Bonchev–Trinajstić information content (AvgIpc) is 2.83. The number of aliphatic hydroxyl groups excluding tert-OH is 1. The van der Waals surface area contributed by atoms with Gasteiger partial charge >= 0.3 is 0 Å². The lowest BCUT2D eigenvalue weighted by Gasteiger charge is -2.29. The van der Waals surface area contributed by atoms with Crippen molar-refractivity contribution in [3.05, 3.63) is 29.8 Å². The van der Waals surface area contributed by atoms with Crippen LogP contribution >= 0.6 is 0 Å². The first-order chi connectivity index (χ1) is 7.36. The summed E-state index contributed by atoms with van der Waals surface area (Å²) in [5, 5.41) is 9.93. The molecule has 0 amide bonds. The maximum Gasteiger partial charge on any atom is 0.0743 e. The van der Waals surface area contributed by atoms with Crippen LogP contribution in [0, 0.1) is 0 Å². The standard InChI is InChI=1S/C13H17NO/c15-13-7-3-6-12(13)14-9-8-10-4-1-2-5-11(10)14/h1-2,4-5,12-13,15H,3,6-9H2. The molecule has 80 valence electrons. The van der Waals surface area contributed by atoms with Crippen LogP contribution in [0.3, 0.4) is 0 Å². The van der Waals surface area contributed by atoms with Gasteiger partial charge in [-0.1, -0.05) is 18.2 Å². The van der Waals surface area contributed by atoms with Crippen LogP contribution in [0.1, 0.15) is 24.8 Å². The molecule has 1 aliphatic heterocycles. The average molecular weight is 203 g/mol. The fraction of sp³-hybridized carbons (Fsp3) is 0.538. The van der Waals surface area contributed by atoms with E-state index in [4.69, 9.17) is 0 Å². The minimum Gasteiger partial charge on any atom is -0.391 e. The van der Waals surface area contributed by atoms with Crippen LogP contribution in [0.25, 0.3) is 0 Å². The number of para-hydroxylation sites is 1. The van der Waals surface area contributed by atoms with Gasteiger partial charge in [0.2, 0.25) is 0 Å². The molecule has 15 heavy (non-hydrogen) atoms. The molecule has 1 aliphatic carbocycles. The zero-order valence-electron chi connectivity index (χ0n) is 8.89. The van der Waals surface area contributed by atoms with E-state index in [1.165, 1.54) is 17.7 Å². The van der Waals surface area contributed by atoms with Gasteiger partial charge in [-0.25, -0.2) is 0 Å². The van der Waals surface area contributed by atoms with Gasteiger partial charge in [0, 0.05) is 12.2 Å². The Hall–Kier alpha value is -1.02. The number of hydrogen-bond acceptors (Lipinski definition) is 2. The Morgan fingerprint density at radius 1 is 1.20 bits per heavy atom. The highest BCUT2D eigenvalue weighted by Gasteiger charge is 2.33. The van der Waals surface area contributed by atoms with E-state index in [9.17, 15) is 5.11 Å². The molecule has 1 fully saturated rings. The zero-order valence-corrected chi connectivity index (χ0v) is 8.89. The fourth-order valence-electron chi connectivity index (χ4n) is 2.99. The van der Waals surface area contributed by atoms with Gasteiger partial charge in [-0.05, 0) is 37.3 Å². The first-order valence-electron chi connectivity index (χ1n) is 5.89. The van der Waals surface area contributed by atoms with E-state index in [0.29, 0.717) is 6.04 Å². The van der Waals surface area contributed by atoms with Crippen LogP contribution in [0.5, 0.6) is 0 Å². The lowest BCUT2D eigenvalue weighted by molar-refractivity contribution is 0.161. The van der Waals surface area contributed by atoms with Crippen molar-refractivity contribution in [1.82, 2.24) is 0 Å². The van der Waals surface area contributed by atoms with Crippen molar-refractivity contribution in [3.8, 4) is 0 Å². The van der Waals surface area contributed by atoms with Gasteiger partial charge in [0.15, 0.2) is 0 Å². The summed E-state index contributed by atoms with van der Waals surface area (Å²) in [7, 11) is 0. The zero-order chi connectivity index (χ0) is 10.3. The lowest BCUT2D eigenvalue weighted by Crippen LogP contribution is -2.39. The van der Waals surface area contributed by atoms with Crippen LogP contribution in [0.4, 0.5) is 5.69 Å². The van der Waals surface area contributed by atoms with Gasteiger partial charge in [0.1, 0.15) is 0 Å². The maximum atomic E-state index is 9.93. The van der Waals surface area contributed by atoms with Crippen molar-refractivity contribution in [3.63, 3.8) is 0 Å². The molecule has 0 bridgehead atoms. The van der Waals surface area contributed by atoms with E-state index in [0.717, 1.165) is 25.8 Å². The smallest absolute Gasteiger partial charge is 0.0743 e. The van der Waals surface area contributed by atoms with E-state index in [1.807, 2.05) is 0 Å². The Kier molecular flexibility index (Phi) is 2.17. The SMILES string of the molecule is OC1CCCC1N1CCc2ccccc21. The second-order valence-electron chi connectivity index (χ2n) is 4.64. The molecule has 3 rings (SSSR count). The number of rotatable bonds is 1. The van der Waals surface area contributed by atoms with Gasteiger partial charge in [0.05, 0.1) is 12.1 Å². The molecule has 1 aromatic rings. The Bertz CT molecular complexity index is 363. The molecule has 1 aromatic carbocycles. The molecule has 2 aliphatic rings. The van der Waals surface area contributed by atoms with Gasteiger partial charge in [-0.3, -0.25) is 0 Å². The molecule has 0 radical (unpaired) electrons. The second kappa shape index (κ2) is 3.53. The van der Waals surface area contributed by atoms with Gasteiger partial charge in [-0.15, -0.1) is 0 Å². The molecule has 2 heteroatoms. The molecule has 2 nitrogen and oxygen atoms in total. The largest absolute Gasteiger partial charge is 0.391 e. The highest BCUT2D eigenvalue weighted by Crippen LogP contribution is 2.34. The second-order valence-corrected chi connectivity index (χ2v) is 4.64. The van der Waals surface area contributed by atoms with Crippen LogP contribution in [-0.4, -0.2) is 23.8 Å². The molecule has 1 saturated carbocycles. The summed E-state index contributed by atoms with van der Waals surface area (Å²) in [4.78, 5) is 2.41.